The van der Waals surface area contributed by atoms with Gasteiger partial charge in [0.2, 0.25) is 0 Å². The van der Waals surface area contributed by atoms with Crippen LogP contribution < -0.4 is 10.6 Å². The van der Waals surface area contributed by atoms with E-state index >= 15 is 0 Å². The van der Waals surface area contributed by atoms with Gasteiger partial charge in [0.15, 0.2) is 10.8 Å². The predicted octanol–water partition coefficient (Wildman–Crippen LogP) is 2.13. The quantitative estimate of drug-likeness (QED) is 0.909. The molecule has 5 nitrogen and oxygen atoms in total. The van der Waals surface area contributed by atoms with Crippen LogP contribution in [0.3, 0.4) is 0 Å². The lowest BCUT2D eigenvalue weighted by Crippen LogP contribution is -2.50. The fourth-order valence-corrected chi connectivity index (χ4v) is 3.10. The number of hydrogen-bond acceptors (Lipinski definition) is 5. The lowest BCUT2D eigenvalue weighted by Gasteiger charge is -2.29. The molecular formula is C14H17N3O2S. The average molecular weight is 291 g/mol. The molecule has 0 radical (unpaired) electrons. The fourth-order valence-electron chi connectivity index (χ4n) is 2.32. The maximum atomic E-state index is 12.2. The minimum absolute atomic E-state index is 0.0548. The number of carbonyl (C=O) groups is 1. The van der Waals surface area contributed by atoms with Crippen LogP contribution in [0.2, 0.25) is 0 Å². The van der Waals surface area contributed by atoms with E-state index in [0.717, 1.165) is 24.5 Å². The smallest absolute Gasteiger partial charge is 0.263 e. The number of thiazole rings is 1. The van der Waals surface area contributed by atoms with E-state index in [1.807, 2.05) is 12.1 Å². The summed E-state index contributed by atoms with van der Waals surface area (Å²) in [4.78, 5) is 17.1. The van der Waals surface area contributed by atoms with Crippen LogP contribution >= 0.6 is 11.3 Å². The van der Waals surface area contributed by atoms with Crippen molar-refractivity contribution in [2.75, 3.05) is 13.1 Å². The van der Waals surface area contributed by atoms with Gasteiger partial charge in [-0.3, -0.25) is 4.79 Å². The summed E-state index contributed by atoms with van der Waals surface area (Å²) in [6, 6.07) is 3.84. The molecule has 1 aliphatic rings. The van der Waals surface area contributed by atoms with Crippen LogP contribution in [0.25, 0.3) is 10.8 Å². The van der Waals surface area contributed by atoms with Crippen LogP contribution in [0.1, 0.15) is 23.0 Å². The molecule has 0 aromatic carbocycles. The summed E-state index contributed by atoms with van der Waals surface area (Å²) in [5, 5.41) is 7.12. The summed E-state index contributed by atoms with van der Waals surface area (Å²) in [5.74, 6) is 1.14. The molecule has 1 fully saturated rings. The first-order valence-electron chi connectivity index (χ1n) is 6.75. The van der Waals surface area contributed by atoms with E-state index in [4.69, 9.17) is 4.42 Å². The van der Waals surface area contributed by atoms with Crippen molar-refractivity contribution >= 4 is 17.2 Å². The normalized spacial score (nSPS) is 22.6. The molecule has 1 aliphatic heterocycles. The van der Waals surface area contributed by atoms with Crippen molar-refractivity contribution in [2.45, 2.75) is 19.4 Å². The van der Waals surface area contributed by atoms with Crippen molar-refractivity contribution in [3.05, 3.63) is 29.5 Å². The maximum absolute atomic E-state index is 12.2. The van der Waals surface area contributed by atoms with Gasteiger partial charge in [-0.05, 0) is 31.0 Å². The summed E-state index contributed by atoms with van der Waals surface area (Å²) in [5.41, 5.74) is 0. The van der Waals surface area contributed by atoms with Crippen LogP contribution in [0, 0.1) is 5.92 Å². The van der Waals surface area contributed by atoms with Gasteiger partial charge >= 0.3 is 0 Å². The molecule has 0 spiro atoms. The molecule has 0 aliphatic carbocycles. The SMILES string of the molecule is CC1CCNCC1NC(=O)c1cnc(-c2ccco2)s1. The monoisotopic (exact) mass is 291 g/mol. The number of nitrogens with zero attached hydrogens (tertiary/aromatic N) is 1. The van der Waals surface area contributed by atoms with E-state index in [9.17, 15) is 4.79 Å². The van der Waals surface area contributed by atoms with E-state index in [-0.39, 0.29) is 11.9 Å². The molecule has 106 valence electrons. The number of aromatic nitrogens is 1. The van der Waals surface area contributed by atoms with Gasteiger partial charge in [-0.1, -0.05) is 6.92 Å². The van der Waals surface area contributed by atoms with Crippen molar-refractivity contribution in [1.29, 1.82) is 0 Å². The number of hydrogen-bond donors (Lipinski definition) is 2. The molecule has 1 saturated heterocycles. The molecule has 2 N–H and O–H groups in total. The van der Waals surface area contributed by atoms with Gasteiger partial charge in [0.05, 0.1) is 12.5 Å². The summed E-state index contributed by atoms with van der Waals surface area (Å²) >= 11 is 1.35. The Labute approximate surface area is 121 Å². The fraction of sp³-hybridized carbons (Fsp3) is 0.429. The van der Waals surface area contributed by atoms with Gasteiger partial charge in [0, 0.05) is 12.6 Å². The van der Waals surface area contributed by atoms with Crippen molar-refractivity contribution in [2.24, 2.45) is 5.92 Å². The predicted molar refractivity (Wildman–Crippen MR) is 77.7 cm³/mol. The Morgan fingerprint density at radius 2 is 2.50 bits per heavy atom. The molecule has 0 saturated carbocycles. The first-order valence-corrected chi connectivity index (χ1v) is 7.57. The molecule has 2 aromatic rings. The summed E-state index contributed by atoms with van der Waals surface area (Å²) in [6.45, 7) is 4.03. The highest BCUT2D eigenvalue weighted by molar-refractivity contribution is 7.16. The van der Waals surface area contributed by atoms with E-state index < -0.39 is 0 Å². The highest BCUT2D eigenvalue weighted by Gasteiger charge is 2.24. The highest BCUT2D eigenvalue weighted by atomic mass is 32.1. The minimum atomic E-state index is -0.0548. The Morgan fingerprint density at radius 1 is 1.60 bits per heavy atom. The topological polar surface area (TPSA) is 67.2 Å². The Balaban J connectivity index is 1.68. The summed E-state index contributed by atoms with van der Waals surface area (Å²) in [6.07, 6.45) is 4.30. The number of furan rings is 1. The van der Waals surface area contributed by atoms with Crippen LogP contribution in [0.15, 0.2) is 29.0 Å². The lowest BCUT2D eigenvalue weighted by atomic mass is 9.95. The second-order valence-electron chi connectivity index (χ2n) is 5.06. The van der Waals surface area contributed by atoms with Crippen molar-refractivity contribution in [1.82, 2.24) is 15.6 Å². The number of piperidine rings is 1. The number of nitrogens with one attached hydrogen (secondary N) is 2. The van der Waals surface area contributed by atoms with E-state index in [1.54, 1.807) is 12.5 Å². The standard InChI is InChI=1S/C14H17N3O2S/c1-9-4-5-15-7-10(9)17-13(18)12-8-16-14(20-12)11-3-2-6-19-11/h2-3,6,8-10,15H,4-5,7H2,1H3,(H,17,18). The molecule has 3 heterocycles. The van der Waals surface area contributed by atoms with Gasteiger partial charge < -0.3 is 15.1 Å². The third kappa shape index (κ3) is 2.76. The summed E-state index contributed by atoms with van der Waals surface area (Å²) < 4.78 is 5.29. The zero-order valence-corrected chi connectivity index (χ0v) is 12.1. The first kappa shape index (κ1) is 13.3. The van der Waals surface area contributed by atoms with Crippen LogP contribution in [0.5, 0.6) is 0 Å². The molecule has 20 heavy (non-hydrogen) atoms. The van der Waals surface area contributed by atoms with Crippen LogP contribution in [-0.4, -0.2) is 30.0 Å². The average Bonchev–Trinajstić information content (AvgIpc) is 3.11. The second kappa shape index (κ2) is 5.76. The number of carbonyl (C=O) groups excluding carboxylic acids is 1. The van der Waals surface area contributed by atoms with Crippen LogP contribution in [0.4, 0.5) is 0 Å². The van der Waals surface area contributed by atoms with E-state index in [0.29, 0.717) is 16.6 Å². The third-order valence-electron chi connectivity index (χ3n) is 3.61. The Morgan fingerprint density at radius 3 is 3.25 bits per heavy atom. The molecule has 3 rings (SSSR count). The van der Waals surface area contributed by atoms with Gasteiger partial charge in [-0.25, -0.2) is 4.98 Å². The molecule has 0 bridgehead atoms. The number of amides is 1. The lowest BCUT2D eigenvalue weighted by molar-refractivity contribution is 0.0919. The largest absolute Gasteiger partial charge is 0.462 e. The number of rotatable bonds is 3. The van der Waals surface area contributed by atoms with Gasteiger partial charge in [0.1, 0.15) is 4.88 Å². The van der Waals surface area contributed by atoms with E-state index in [1.165, 1.54) is 11.3 Å². The molecule has 2 unspecified atom stereocenters. The zero-order chi connectivity index (χ0) is 13.9. The molecular weight excluding hydrogens is 274 g/mol. The third-order valence-corrected chi connectivity index (χ3v) is 4.62. The van der Waals surface area contributed by atoms with Crippen molar-refractivity contribution < 1.29 is 9.21 Å². The Hall–Kier alpha value is -1.66. The van der Waals surface area contributed by atoms with Gasteiger partial charge in [-0.2, -0.15) is 0 Å². The molecule has 2 atom stereocenters. The maximum Gasteiger partial charge on any atom is 0.263 e. The van der Waals surface area contributed by atoms with E-state index in [2.05, 4.69) is 22.5 Å². The highest BCUT2D eigenvalue weighted by Crippen LogP contribution is 2.25. The van der Waals surface area contributed by atoms with Gasteiger partial charge in [0.25, 0.3) is 5.91 Å². The second-order valence-corrected chi connectivity index (χ2v) is 6.09. The molecule has 1 amide bonds. The van der Waals surface area contributed by atoms with Crippen molar-refractivity contribution in [3.8, 4) is 10.8 Å². The Kier molecular flexibility index (Phi) is 3.84. The zero-order valence-electron chi connectivity index (χ0n) is 11.3. The van der Waals surface area contributed by atoms with Crippen LogP contribution in [-0.2, 0) is 0 Å². The molecule has 6 heteroatoms. The Bertz CT molecular complexity index is 579. The first-order chi connectivity index (χ1) is 9.74. The van der Waals surface area contributed by atoms with Crippen molar-refractivity contribution in [3.63, 3.8) is 0 Å². The molecule has 2 aromatic heterocycles. The van der Waals surface area contributed by atoms with Gasteiger partial charge in [-0.15, -0.1) is 11.3 Å². The summed E-state index contributed by atoms with van der Waals surface area (Å²) in [7, 11) is 0. The minimum Gasteiger partial charge on any atom is -0.462 e.